The van der Waals surface area contributed by atoms with Crippen molar-refractivity contribution in [3.63, 3.8) is 0 Å². The van der Waals surface area contributed by atoms with Crippen molar-refractivity contribution in [2.24, 2.45) is 0 Å². The number of fused-ring (bicyclic) bond motifs is 1. The van der Waals surface area contributed by atoms with Gasteiger partial charge in [0, 0.05) is 17.9 Å². The summed E-state index contributed by atoms with van der Waals surface area (Å²) in [6.07, 6.45) is 4.31. The van der Waals surface area contributed by atoms with Gasteiger partial charge in [-0.05, 0) is 36.6 Å². The predicted molar refractivity (Wildman–Crippen MR) is 58.5 cm³/mol. The molecule has 15 heavy (non-hydrogen) atoms. The van der Waals surface area contributed by atoms with Crippen LogP contribution in [0.25, 0.3) is 5.52 Å². The van der Waals surface area contributed by atoms with Gasteiger partial charge in [0.25, 0.3) is 0 Å². The fourth-order valence-electron chi connectivity index (χ4n) is 1.88. The van der Waals surface area contributed by atoms with Crippen molar-refractivity contribution in [3.05, 3.63) is 41.2 Å². The van der Waals surface area contributed by atoms with E-state index in [4.69, 9.17) is 5.11 Å². The quantitative estimate of drug-likeness (QED) is 0.814. The minimum Gasteiger partial charge on any atom is -0.478 e. The van der Waals surface area contributed by atoms with Crippen LogP contribution in [0.4, 0.5) is 0 Å². The number of hydrogen-bond acceptors (Lipinski definition) is 1. The van der Waals surface area contributed by atoms with E-state index < -0.39 is 5.97 Å². The molecule has 78 valence electrons. The lowest BCUT2D eigenvalue weighted by Gasteiger charge is -1.99. The highest BCUT2D eigenvalue weighted by Crippen LogP contribution is 2.20. The van der Waals surface area contributed by atoms with Crippen LogP contribution in [0.15, 0.2) is 24.5 Å². The molecule has 0 aliphatic heterocycles. The molecule has 0 saturated heterocycles. The Balaban J connectivity index is 2.79. The summed E-state index contributed by atoms with van der Waals surface area (Å²) in [7, 11) is 0. The van der Waals surface area contributed by atoms with Gasteiger partial charge >= 0.3 is 5.97 Å². The average Bonchev–Trinajstić information content (AvgIpc) is 2.55. The van der Waals surface area contributed by atoms with Crippen molar-refractivity contribution in [2.45, 2.75) is 20.3 Å². The third-order valence-corrected chi connectivity index (χ3v) is 2.63. The molecule has 0 aromatic carbocycles. The van der Waals surface area contributed by atoms with Gasteiger partial charge in [0.1, 0.15) is 0 Å². The van der Waals surface area contributed by atoms with Gasteiger partial charge in [-0.25, -0.2) is 4.79 Å². The van der Waals surface area contributed by atoms with Crippen LogP contribution in [0.2, 0.25) is 0 Å². The fourth-order valence-corrected chi connectivity index (χ4v) is 1.88. The first kappa shape index (κ1) is 9.77. The number of aryl methyl sites for hydroxylation is 2. The van der Waals surface area contributed by atoms with E-state index in [0.29, 0.717) is 5.56 Å². The second-order valence-corrected chi connectivity index (χ2v) is 3.68. The van der Waals surface area contributed by atoms with Crippen LogP contribution in [-0.4, -0.2) is 15.5 Å². The monoisotopic (exact) mass is 203 g/mol. The van der Waals surface area contributed by atoms with E-state index in [0.717, 1.165) is 23.1 Å². The molecular formula is C12H13NO2. The zero-order valence-corrected chi connectivity index (χ0v) is 8.82. The number of aromatic nitrogens is 1. The minimum atomic E-state index is -0.854. The van der Waals surface area contributed by atoms with Crippen molar-refractivity contribution in [1.82, 2.24) is 4.40 Å². The van der Waals surface area contributed by atoms with Crippen molar-refractivity contribution in [1.29, 1.82) is 0 Å². The van der Waals surface area contributed by atoms with Gasteiger partial charge in [-0.3, -0.25) is 0 Å². The van der Waals surface area contributed by atoms with Gasteiger partial charge in [-0.15, -0.1) is 0 Å². The van der Waals surface area contributed by atoms with E-state index in [1.807, 2.05) is 36.6 Å². The second-order valence-electron chi connectivity index (χ2n) is 3.68. The van der Waals surface area contributed by atoms with Crippen LogP contribution in [0, 0.1) is 6.92 Å². The number of carboxylic acid groups (broad SMARTS) is 1. The van der Waals surface area contributed by atoms with Crippen LogP contribution in [0.5, 0.6) is 0 Å². The SMILES string of the molecule is CCc1c(C(=O)O)cn2ccc(C)cc12. The molecule has 3 heteroatoms. The Bertz CT molecular complexity index is 526. The van der Waals surface area contributed by atoms with Crippen molar-refractivity contribution in [2.75, 3.05) is 0 Å². The number of aromatic carboxylic acids is 1. The smallest absolute Gasteiger partial charge is 0.337 e. The highest BCUT2D eigenvalue weighted by molar-refractivity contribution is 5.92. The molecule has 0 bridgehead atoms. The Morgan fingerprint density at radius 2 is 2.27 bits per heavy atom. The maximum Gasteiger partial charge on any atom is 0.337 e. The molecule has 0 unspecified atom stereocenters. The zero-order valence-electron chi connectivity index (χ0n) is 8.82. The Morgan fingerprint density at radius 1 is 1.53 bits per heavy atom. The maximum atomic E-state index is 11.0. The molecule has 0 saturated carbocycles. The first-order valence-corrected chi connectivity index (χ1v) is 4.97. The van der Waals surface area contributed by atoms with Crippen LogP contribution >= 0.6 is 0 Å². The molecule has 3 nitrogen and oxygen atoms in total. The van der Waals surface area contributed by atoms with Gasteiger partial charge in [0.2, 0.25) is 0 Å². The molecule has 1 N–H and O–H groups in total. The molecule has 0 atom stereocenters. The van der Waals surface area contributed by atoms with E-state index in [9.17, 15) is 4.79 Å². The summed E-state index contributed by atoms with van der Waals surface area (Å²) in [5.41, 5.74) is 3.46. The highest BCUT2D eigenvalue weighted by atomic mass is 16.4. The number of hydrogen-bond donors (Lipinski definition) is 1. The minimum absolute atomic E-state index is 0.406. The normalized spacial score (nSPS) is 10.8. The average molecular weight is 203 g/mol. The molecule has 0 radical (unpaired) electrons. The predicted octanol–water partition coefficient (Wildman–Crippen LogP) is 2.51. The molecule has 0 spiro atoms. The second kappa shape index (κ2) is 3.42. The summed E-state index contributed by atoms with van der Waals surface area (Å²) in [6.45, 7) is 3.98. The molecule has 2 heterocycles. The summed E-state index contributed by atoms with van der Waals surface area (Å²) in [6, 6.07) is 3.99. The molecule has 2 rings (SSSR count). The van der Waals surface area contributed by atoms with E-state index >= 15 is 0 Å². The lowest BCUT2D eigenvalue weighted by atomic mass is 10.1. The topological polar surface area (TPSA) is 41.7 Å². The Kier molecular flexibility index (Phi) is 2.23. The van der Waals surface area contributed by atoms with Crippen molar-refractivity contribution < 1.29 is 9.90 Å². The van der Waals surface area contributed by atoms with Gasteiger partial charge in [-0.1, -0.05) is 6.92 Å². The number of nitrogens with zero attached hydrogens (tertiary/aromatic N) is 1. The van der Waals surface area contributed by atoms with Crippen LogP contribution in [-0.2, 0) is 6.42 Å². The number of carbonyl (C=O) groups is 1. The Hall–Kier alpha value is -1.77. The molecular weight excluding hydrogens is 190 g/mol. The molecule has 0 amide bonds. The number of rotatable bonds is 2. The van der Waals surface area contributed by atoms with Crippen LogP contribution in [0.3, 0.4) is 0 Å². The summed E-state index contributed by atoms with van der Waals surface area (Å²) in [5.74, 6) is -0.854. The standard InChI is InChI=1S/C12H13NO2/c1-3-9-10(12(14)15)7-13-5-4-8(2)6-11(9)13/h4-7H,3H2,1-2H3,(H,14,15). The molecule has 2 aromatic rings. The van der Waals surface area contributed by atoms with E-state index in [-0.39, 0.29) is 0 Å². The van der Waals surface area contributed by atoms with Crippen molar-refractivity contribution >= 4 is 11.5 Å². The lowest BCUT2D eigenvalue weighted by molar-refractivity contribution is 0.0696. The van der Waals surface area contributed by atoms with Crippen molar-refractivity contribution in [3.8, 4) is 0 Å². The molecule has 0 aliphatic carbocycles. The summed E-state index contributed by atoms with van der Waals surface area (Å²) in [4.78, 5) is 11.0. The number of carboxylic acids is 1. The van der Waals surface area contributed by atoms with E-state index in [2.05, 4.69) is 0 Å². The van der Waals surface area contributed by atoms with Crippen LogP contribution < -0.4 is 0 Å². The number of pyridine rings is 1. The largest absolute Gasteiger partial charge is 0.478 e. The zero-order chi connectivity index (χ0) is 11.0. The highest BCUT2D eigenvalue weighted by Gasteiger charge is 2.14. The van der Waals surface area contributed by atoms with E-state index in [1.165, 1.54) is 0 Å². The first-order chi connectivity index (χ1) is 7.13. The summed E-state index contributed by atoms with van der Waals surface area (Å²) in [5, 5.41) is 9.05. The van der Waals surface area contributed by atoms with Gasteiger partial charge in [0.15, 0.2) is 0 Å². The lowest BCUT2D eigenvalue weighted by Crippen LogP contribution is -1.97. The van der Waals surface area contributed by atoms with Gasteiger partial charge in [0.05, 0.1) is 5.56 Å². The van der Waals surface area contributed by atoms with Gasteiger partial charge in [-0.2, -0.15) is 0 Å². The first-order valence-electron chi connectivity index (χ1n) is 4.97. The molecule has 2 aromatic heterocycles. The summed E-state index contributed by atoms with van der Waals surface area (Å²) < 4.78 is 1.87. The Morgan fingerprint density at radius 3 is 2.87 bits per heavy atom. The third kappa shape index (κ3) is 1.50. The molecule has 0 aliphatic rings. The van der Waals surface area contributed by atoms with Gasteiger partial charge < -0.3 is 9.51 Å². The Labute approximate surface area is 88.0 Å². The summed E-state index contributed by atoms with van der Waals surface area (Å²) >= 11 is 0. The maximum absolute atomic E-state index is 11.0. The third-order valence-electron chi connectivity index (χ3n) is 2.63. The van der Waals surface area contributed by atoms with Crippen LogP contribution in [0.1, 0.15) is 28.4 Å². The van der Waals surface area contributed by atoms with E-state index in [1.54, 1.807) is 6.20 Å². The fraction of sp³-hybridized carbons (Fsp3) is 0.250. The molecule has 0 fully saturated rings.